The minimum atomic E-state index is -0.172. The Morgan fingerprint density at radius 1 is 1.00 bits per heavy atom. The fraction of sp³-hybridized carbons (Fsp3) is 0.0833. The number of hydrogen-bond acceptors (Lipinski definition) is 5. The Morgan fingerprint density at radius 2 is 1.77 bits per heavy atom. The molecule has 1 amide bonds. The van der Waals surface area contributed by atoms with Crippen LogP contribution >= 0.6 is 11.6 Å². The first-order valence-corrected chi connectivity index (χ1v) is 10.2. The quantitative estimate of drug-likeness (QED) is 0.421. The van der Waals surface area contributed by atoms with E-state index in [1.54, 1.807) is 30.7 Å². The molecule has 0 fully saturated rings. The van der Waals surface area contributed by atoms with Crippen molar-refractivity contribution in [1.82, 2.24) is 15.0 Å². The van der Waals surface area contributed by atoms with Crippen LogP contribution in [0.3, 0.4) is 0 Å². The minimum Gasteiger partial charge on any atom is -0.322 e. The summed E-state index contributed by atoms with van der Waals surface area (Å²) >= 11 is 5.80. The number of carbonyl (C=O) groups excluding carboxylic acids is 1. The van der Waals surface area contributed by atoms with Crippen LogP contribution in [0.25, 0.3) is 11.3 Å². The third kappa shape index (κ3) is 4.87. The van der Waals surface area contributed by atoms with Crippen LogP contribution in [0.4, 0.5) is 17.3 Å². The molecular weight excluding hydrogens is 410 g/mol. The van der Waals surface area contributed by atoms with Crippen LogP contribution < -0.4 is 10.2 Å². The molecule has 0 bridgehead atoms. The van der Waals surface area contributed by atoms with Gasteiger partial charge in [0.1, 0.15) is 0 Å². The van der Waals surface area contributed by atoms with Gasteiger partial charge < -0.3 is 10.2 Å². The highest BCUT2D eigenvalue weighted by atomic mass is 35.5. The number of aromatic nitrogens is 3. The largest absolute Gasteiger partial charge is 0.322 e. The number of pyridine rings is 1. The molecule has 2 heterocycles. The van der Waals surface area contributed by atoms with Gasteiger partial charge in [-0.3, -0.25) is 9.78 Å². The molecule has 6 nitrogen and oxygen atoms in total. The van der Waals surface area contributed by atoms with E-state index in [2.05, 4.69) is 20.3 Å². The van der Waals surface area contributed by atoms with Gasteiger partial charge in [-0.1, -0.05) is 12.1 Å². The Labute approximate surface area is 185 Å². The van der Waals surface area contributed by atoms with Gasteiger partial charge in [-0.25, -0.2) is 9.97 Å². The zero-order chi connectivity index (χ0) is 21.6. The average molecular weight is 430 g/mol. The highest BCUT2D eigenvalue weighted by Gasteiger charge is 2.10. The summed E-state index contributed by atoms with van der Waals surface area (Å²) in [6.07, 6.45) is 5.23. The van der Waals surface area contributed by atoms with Gasteiger partial charge in [0.15, 0.2) is 0 Å². The summed E-state index contributed by atoms with van der Waals surface area (Å²) in [5.41, 5.74) is 4.88. The zero-order valence-corrected chi connectivity index (χ0v) is 17.6. The lowest BCUT2D eigenvalue weighted by Crippen LogP contribution is -2.14. The predicted octanol–water partition coefficient (Wildman–Crippen LogP) is 5.30. The van der Waals surface area contributed by atoms with Crippen molar-refractivity contribution in [2.75, 3.05) is 17.3 Å². The van der Waals surface area contributed by atoms with Crippen molar-refractivity contribution >= 4 is 34.8 Å². The number of halogens is 1. The summed E-state index contributed by atoms with van der Waals surface area (Å²) in [7, 11) is 1.90. The maximum atomic E-state index is 12.4. The van der Waals surface area contributed by atoms with Crippen molar-refractivity contribution in [3.8, 4) is 11.3 Å². The first kappa shape index (κ1) is 20.5. The summed E-state index contributed by atoms with van der Waals surface area (Å²) in [5, 5.41) is 2.90. The number of nitrogens with zero attached hydrogens (tertiary/aromatic N) is 4. The molecule has 0 unspecified atom stereocenters. The van der Waals surface area contributed by atoms with E-state index in [1.807, 2.05) is 66.5 Å². The topological polar surface area (TPSA) is 71.0 Å². The van der Waals surface area contributed by atoms with Gasteiger partial charge in [0.05, 0.1) is 5.69 Å². The first-order valence-electron chi connectivity index (χ1n) is 9.67. The second kappa shape index (κ2) is 9.36. The molecule has 0 saturated carbocycles. The fourth-order valence-electron chi connectivity index (χ4n) is 3.02. The second-order valence-corrected chi connectivity index (χ2v) is 7.14. The standard InChI is InChI=1S/C24H20ClN5O/c1-30(24-27-14-12-22(29-24)19-3-2-13-26-16-19)21-10-8-20(9-11-21)28-23(31)18-6-4-17(15-25)5-7-18/h2-14,16H,15H2,1H3,(H,28,31). The van der Waals surface area contributed by atoms with E-state index < -0.39 is 0 Å². The number of alkyl halides is 1. The highest BCUT2D eigenvalue weighted by molar-refractivity contribution is 6.17. The molecule has 2 aromatic carbocycles. The smallest absolute Gasteiger partial charge is 0.255 e. The van der Waals surface area contributed by atoms with E-state index in [4.69, 9.17) is 11.6 Å². The van der Waals surface area contributed by atoms with Gasteiger partial charge in [-0.05, 0) is 60.2 Å². The third-order valence-electron chi connectivity index (χ3n) is 4.78. The van der Waals surface area contributed by atoms with Gasteiger partial charge in [-0.15, -0.1) is 11.6 Å². The van der Waals surface area contributed by atoms with Crippen molar-refractivity contribution in [3.05, 3.63) is 96.4 Å². The average Bonchev–Trinajstić information content (AvgIpc) is 2.84. The Hall–Kier alpha value is -3.77. The Balaban J connectivity index is 1.47. The second-order valence-electron chi connectivity index (χ2n) is 6.87. The Morgan fingerprint density at radius 3 is 2.45 bits per heavy atom. The molecule has 0 aliphatic carbocycles. The normalized spacial score (nSPS) is 10.5. The lowest BCUT2D eigenvalue weighted by molar-refractivity contribution is 0.102. The maximum absolute atomic E-state index is 12.4. The molecule has 0 aliphatic rings. The van der Waals surface area contributed by atoms with Crippen LogP contribution in [-0.4, -0.2) is 27.9 Å². The van der Waals surface area contributed by atoms with Crippen molar-refractivity contribution < 1.29 is 4.79 Å². The number of hydrogen-bond donors (Lipinski definition) is 1. The van der Waals surface area contributed by atoms with E-state index in [0.717, 1.165) is 22.5 Å². The summed E-state index contributed by atoms with van der Waals surface area (Å²) < 4.78 is 0. The number of anilines is 3. The monoisotopic (exact) mass is 429 g/mol. The zero-order valence-electron chi connectivity index (χ0n) is 16.9. The van der Waals surface area contributed by atoms with Crippen molar-refractivity contribution in [2.24, 2.45) is 0 Å². The first-order chi connectivity index (χ1) is 15.1. The van der Waals surface area contributed by atoms with Crippen LogP contribution in [-0.2, 0) is 5.88 Å². The highest BCUT2D eigenvalue weighted by Crippen LogP contribution is 2.24. The third-order valence-corrected chi connectivity index (χ3v) is 5.09. The number of carbonyl (C=O) groups is 1. The molecule has 154 valence electrons. The maximum Gasteiger partial charge on any atom is 0.255 e. The molecular formula is C24H20ClN5O. The Kier molecular flexibility index (Phi) is 6.19. The minimum absolute atomic E-state index is 0.172. The van der Waals surface area contributed by atoms with Gasteiger partial charge in [0.25, 0.3) is 5.91 Å². The molecule has 31 heavy (non-hydrogen) atoms. The summed E-state index contributed by atoms with van der Waals surface area (Å²) in [6.45, 7) is 0. The summed E-state index contributed by atoms with van der Waals surface area (Å²) in [5.74, 6) is 0.818. The van der Waals surface area contributed by atoms with Crippen molar-refractivity contribution in [3.63, 3.8) is 0 Å². The van der Waals surface area contributed by atoms with E-state index >= 15 is 0 Å². The number of benzene rings is 2. The van der Waals surface area contributed by atoms with Gasteiger partial charge in [0.2, 0.25) is 5.95 Å². The number of amides is 1. The Bertz CT molecular complexity index is 1160. The van der Waals surface area contributed by atoms with Gasteiger partial charge >= 0.3 is 0 Å². The van der Waals surface area contributed by atoms with Crippen LogP contribution in [0.1, 0.15) is 15.9 Å². The molecule has 0 spiro atoms. The van der Waals surface area contributed by atoms with Gasteiger partial charge in [-0.2, -0.15) is 0 Å². The summed E-state index contributed by atoms with van der Waals surface area (Å²) in [6, 6.07) is 20.4. The van der Waals surface area contributed by atoms with E-state index in [1.165, 1.54) is 0 Å². The van der Waals surface area contributed by atoms with E-state index in [9.17, 15) is 4.79 Å². The molecule has 0 radical (unpaired) electrons. The predicted molar refractivity (Wildman–Crippen MR) is 124 cm³/mol. The van der Waals surface area contributed by atoms with Crippen molar-refractivity contribution in [2.45, 2.75) is 5.88 Å². The van der Waals surface area contributed by atoms with Crippen molar-refractivity contribution in [1.29, 1.82) is 0 Å². The fourth-order valence-corrected chi connectivity index (χ4v) is 3.20. The molecule has 2 aromatic heterocycles. The lowest BCUT2D eigenvalue weighted by atomic mass is 10.1. The van der Waals surface area contributed by atoms with E-state index in [-0.39, 0.29) is 5.91 Å². The van der Waals surface area contributed by atoms with Crippen LogP contribution in [0, 0.1) is 0 Å². The molecule has 0 aliphatic heterocycles. The van der Waals surface area contributed by atoms with Gasteiger partial charge in [0, 0.05) is 54.0 Å². The molecule has 0 atom stereocenters. The SMILES string of the molecule is CN(c1ccc(NC(=O)c2ccc(CCl)cc2)cc1)c1nccc(-c2cccnc2)n1. The van der Waals surface area contributed by atoms with Crippen LogP contribution in [0.2, 0.25) is 0 Å². The van der Waals surface area contributed by atoms with Crippen LogP contribution in [0.5, 0.6) is 0 Å². The molecule has 4 rings (SSSR count). The molecule has 7 heteroatoms. The molecule has 4 aromatic rings. The molecule has 0 saturated heterocycles. The van der Waals surface area contributed by atoms with Crippen LogP contribution in [0.15, 0.2) is 85.3 Å². The molecule has 1 N–H and O–H groups in total. The number of rotatable bonds is 6. The summed E-state index contributed by atoms with van der Waals surface area (Å²) in [4.78, 5) is 27.5. The van der Waals surface area contributed by atoms with E-state index in [0.29, 0.717) is 23.1 Å². The number of nitrogens with one attached hydrogen (secondary N) is 1. The lowest BCUT2D eigenvalue weighted by Gasteiger charge is -2.18.